The normalized spacial score (nSPS) is 11.6. The molecule has 0 fully saturated rings. The summed E-state index contributed by atoms with van der Waals surface area (Å²) in [6, 6.07) is 61.4. The second-order valence-corrected chi connectivity index (χ2v) is 12.6. The first-order valence-electron chi connectivity index (χ1n) is 16.8. The number of hydrogen-bond acceptors (Lipinski definition) is 3. The molecule has 7 aromatic carbocycles. The molecule has 0 saturated heterocycles. The van der Waals surface area contributed by atoms with Crippen molar-refractivity contribution in [3.63, 3.8) is 0 Å². The van der Waals surface area contributed by atoms with Crippen LogP contribution in [0.1, 0.15) is 0 Å². The summed E-state index contributed by atoms with van der Waals surface area (Å²) in [5, 5.41) is 4.52. The fourth-order valence-corrected chi connectivity index (χ4v) is 7.30. The molecule has 50 heavy (non-hydrogen) atoms. The molecule has 0 bridgehead atoms. The van der Waals surface area contributed by atoms with Crippen molar-refractivity contribution in [3.05, 3.63) is 176 Å². The zero-order valence-corrected chi connectivity index (χ0v) is 27.0. The Kier molecular flexibility index (Phi) is 6.46. The van der Waals surface area contributed by atoms with Crippen molar-refractivity contribution in [2.45, 2.75) is 0 Å². The molecule has 3 heterocycles. The van der Waals surface area contributed by atoms with Crippen LogP contribution < -0.4 is 0 Å². The maximum Gasteiger partial charge on any atom is 0.160 e. The van der Waals surface area contributed by atoms with Gasteiger partial charge >= 0.3 is 0 Å². The highest BCUT2D eigenvalue weighted by molar-refractivity contribution is 6.15. The zero-order valence-electron chi connectivity index (χ0n) is 27.0. The van der Waals surface area contributed by atoms with Gasteiger partial charge in [-0.2, -0.15) is 0 Å². The van der Waals surface area contributed by atoms with Gasteiger partial charge in [-0.25, -0.2) is 9.97 Å². The van der Waals surface area contributed by atoms with E-state index >= 15 is 0 Å². The van der Waals surface area contributed by atoms with Crippen LogP contribution in [0, 0.1) is 0 Å². The largest absolute Gasteiger partial charge is 0.456 e. The van der Waals surface area contributed by atoms with E-state index in [1.54, 1.807) is 0 Å². The fourth-order valence-electron chi connectivity index (χ4n) is 7.30. The molecule has 10 aromatic rings. The molecule has 3 aromatic heterocycles. The average molecular weight is 640 g/mol. The van der Waals surface area contributed by atoms with Gasteiger partial charge in [0.25, 0.3) is 0 Å². The summed E-state index contributed by atoms with van der Waals surface area (Å²) in [5.41, 5.74) is 12.1. The van der Waals surface area contributed by atoms with E-state index in [9.17, 15) is 0 Å². The molecule has 0 spiro atoms. The van der Waals surface area contributed by atoms with E-state index in [4.69, 9.17) is 14.4 Å². The van der Waals surface area contributed by atoms with Crippen LogP contribution in [0.25, 0.3) is 94.5 Å². The lowest BCUT2D eigenvalue weighted by atomic mass is 9.99. The third-order valence-corrected chi connectivity index (χ3v) is 9.62. The van der Waals surface area contributed by atoms with Gasteiger partial charge in [-0.05, 0) is 65.7 Å². The lowest BCUT2D eigenvalue weighted by Gasteiger charge is -2.12. The summed E-state index contributed by atoms with van der Waals surface area (Å²) in [4.78, 5) is 10.5. The molecule has 0 unspecified atom stereocenters. The van der Waals surface area contributed by atoms with Crippen LogP contribution in [0.15, 0.2) is 180 Å². The number of hydrogen-bond donors (Lipinski definition) is 0. The zero-order chi connectivity index (χ0) is 33.0. The number of rotatable bonds is 5. The van der Waals surface area contributed by atoms with Gasteiger partial charge in [0.05, 0.1) is 22.4 Å². The molecule has 234 valence electrons. The Hall–Kier alpha value is -6.78. The highest BCUT2D eigenvalue weighted by Crippen LogP contribution is 2.40. The van der Waals surface area contributed by atoms with Crippen molar-refractivity contribution in [2.75, 3.05) is 0 Å². The van der Waals surface area contributed by atoms with E-state index < -0.39 is 0 Å². The Labute approximate surface area is 288 Å². The molecule has 0 saturated carbocycles. The van der Waals surface area contributed by atoms with Crippen molar-refractivity contribution < 1.29 is 4.42 Å². The van der Waals surface area contributed by atoms with Gasteiger partial charge in [0.1, 0.15) is 11.2 Å². The topological polar surface area (TPSA) is 43.9 Å². The van der Waals surface area contributed by atoms with E-state index in [-0.39, 0.29) is 0 Å². The van der Waals surface area contributed by atoms with E-state index in [1.807, 2.05) is 24.3 Å². The van der Waals surface area contributed by atoms with Gasteiger partial charge in [0.15, 0.2) is 5.82 Å². The van der Waals surface area contributed by atoms with Gasteiger partial charge in [-0.15, -0.1) is 0 Å². The second-order valence-electron chi connectivity index (χ2n) is 12.6. The highest BCUT2D eigenvalue weighted by Gasteiger charge is 2.19. The molecule has 4 nitrogen and oxygen atoms in total. The number of benzene rings is 7. The smallest absolute Gasteiger partial charge is 0.160 e. The van der Waals surface area contributed by atoms with Crippen LogP contribution in [0.5, 0.6) is 0 Å². The molecule has 0 radical (unpaired) electrons. The predicted octanol–water partition coefficient (Wildman–Crippen LogP) is 12.1. The van der Waals surface area contributed by atoms with Crippen LogP contribution in [-0.4, -0.2) is 14.5 Å². The third-order valence-electron chi connectivity index (χ3n) is 9.62. The average Bonchev–Trinajstić information content (AvgIpc) is 3.74. The lowest BCUT2D eigenvalue weighted by molar-refractivity contribution is 0.669. The maximum atomic E-state index is 6.30. The van der Waals surface area contributed by atoms with Crippen molar-refractivity contribution >= 4 is 43.7 Å². The van der Waals surface area contributed by atoms with Crippen molar-refractivity contribution in [1.82, 2.24) is 14.5 Å². The molecule has 0 aliphatic carbocycles. The summed E-state index contributed by atoms with van der Waals surface area (Å²) < 4.78 is 8.64. The predicted molar refractivity (Wildman–Crippen MR) is 205 cm³/mol. The van der Waals surface area contributed by atoms with E-state index in [1.165, 1.54) is 5.39 Å². The van der Waals surface area contributed by atoms with E-state index in [0.29, 0.717) is 5.82 Å². The van der Waals surface area contributed by atoms with Crippen molar-refractivity contribution in [3.8, 4) is 50.7 Å². The Bertz CT molecular complexity index is 2870. The molecule has 10 rings (SSSR count). The SMILES string of the molecule is c1ccc(-c2cccc(-c3cc(-c4cccc5c4c4ccccc4n5-c4ccccc4)nc(-c4ccc5c(c4)oc4ccccc45)n3)c2)cc1. The molecule has 0 aliphatic rings. The Morgan fingerprint density at radius 2 is 1.06 bits per heavy atom. The first-order valence-corrected chi connectivity index (χ1v) is 16.8. The first-order chi connectivity index (χ1) is 24.8. The minimum absolute atomic E-state index is 0.647. The number of nitrogens with zero attached hydrogens (tertiary/aromatic N) is 3. The van der Waals surface area contributed by atoms with Gasteiger partial charge < -0.3 is 8.98 Å². The molecular formula is C46H29N3O. The molecule has 0 N–H and O–H groups in total. The van der Waals surface area contributed by atoms with Crippen LogP contribution in [0.4, 0.5) is 0 Å². The molecular weight excluding hydrogens is 611 g/mol. The first kappa shape index (κ1) is 28.3. The van der Waals surface area contributed by atoms with Gasteiger partial charge in [-0.3, -0.25) is 0 Å². The van der Waals surface area contributed by atoms with Crippen LogP contribution in [0.3, 0.4) is 0 Å². The Morgan fingerprint density at radius 1 is 0.400 bits per heavy atom. The maximum absolute atomic E-state index is 6.30. The lowest BCUT2D eigenvalue weighted by Crippen LogP contribution is -1.97. The monoisotopic (exact) mass is 639 g/mol. The third kappa shape index (κ3) is 4.61. The Balaban J connectivity index is 1.23. The summed E-state index contributed by atoms with van der Waals surface area (Å²) in [6.45, 7) is 0. The fraction of sp³-hybridized carbons (Fsp3) is 0. The highest BCUT2D eigenvalue weighted by atomic mass is 16.3. The van der Waals surface area contributed by atoms with Gasteiger partial charge in [0, 0.05) is 43.9 Å². The summed E-state index contributed by atoms with van der Waals surface area (Å²) in [7, 11) is 0. The summed E-state index contributed by atoms with van der Waals surface area (Å²) >= 11 is 0. The van der Waals surface area contributed by atoms with Gasteiger partial charge in [0.2, 0.25) is 0 Å². The van der Waals surface area contributed by atoms with Crippen LogP contribution in [0.2, 0.25) is 0 Å². The van der Waals surface area contributed by atoms with Crippen LogP contribution in [-0.2, 0) is 0 Å². The van der Waals surface area contributed by atoms with Crippen molar-refractivity contribution in [1.29, 1.82) is 0 Å². The molecule has 0 atom stereocenters. The molecule has 0 aliphatic heterocycles. The number of furan rings is 1. The number of fused-ring (bicyclic) bond motifs is 6. The second kappa shape index (κ2) is 11.4. The van der Waals surface area contributed by atoms with Crippen molar-refractivity contribution in [2.24, 2.45) is 0 Å². The van der Waals surface area contributed by atoms with Gasteiger partial charge in [-0.1, -0.05) is 121 Å². The van der Waals surface area contributed by atoms with E-state index in [2.05, 4.69) is 156 Å². The number of para-hydroxylation sites is 3. The minimum Gasteiger partial charge on any atom is -0.456 e. The molecule has 4 heteroatoms. The van der Waals surface area contributed by atoms with Crippen LogP contribution >= 0.6 is 0 Å². The number of aromatic nitrogens is 3. The minimum atomic E-state index is 0.647. The quantitative estimate of drug-likeness (QED) is 0.188. The summed E-state index contributed by atoms with van der Waals surface area (Å²) in [6.07, 6.45) is 0. The Morgan fingerprint density at radius 3 is 1.94 bits per heavy atom. The van der Waals surface area contributed by atoms with E-state index in [0.717, 1.165) is 83.3 Å². The summed E-state index contributed by atoms with van der Waals surface area (Å²) in [5.74, 6) is 0.647. The molecule has 0 amide bonds. The standard InChI is InChI=1S/C46H29N3O/c1-3-13-30(14-4-1)31-15-11-16-32(27-31)39-29-40(48-46(47-39)33-25-26-36-35-19-8-10-24-43(35)50-44(36)28-33)37-21-12-23-42-45(37)38-20-7-9-22-41(38)49(42)34-17-5-2-6-18-34/h1-29H.